The van der Waals surface area contributed by atoms with Gasteiger partial charge in [0.25, 0.3) is 5.69 Å². The molecular formula is C11H17N5O3. The Bertz CT molecular complexity index is 468. The fourth-order valence-electron chi connectivity index (χ4n) is 2.32. The van der Waals surface area contributed by atoms with Gasteiger partial charge >= 0.3 is 0 Å². The lowest BCUT2D eigenvalue weighted by atomic mass is 10.0. The third kappa shape index (κ3) is 2.91. The monoisotopic (exact) mass is 267 g/mol. The third-order valence-electron chi connectivity index (χ3n) is 3.29. The molecule has 1 saturated heterocycles. The quantitative estimate of drug-likeness (QED) is 0.416. The number of nitro groups is 1. The van der Waals surface area contributed by atoms with E-state index in [1.165, 1.54) is 12.1 Å². The van der Waals surface area contributed by atoms with Gasteiger partial charge in [0.1, 0.15) is 11.6 Å². The number of nitrogens with one attached hydrogen (secondary N) is 1. The summed E-state index contributed by atoms with van der Waals surface area (Å²) in [5.41, 5.74) is 2.26. The van der Waals surface area contributed by atoms with E-state index in [-0.39, 0.29) is 24.2 Å². The van der Waals surface area contributed by atoms with Crippen LogP contribution < -0.4 is 16.2 Å². The van der Waals surface area contributed by atoms with E-state index in [0.29, 0.717) is 5.82 Å². The van der Waals surface area contributed by atoms with Gasteiger partial charge in [-0.1, -0.05) is 0 Å². The van der Waals surface area contributed by atoms with E-state index in [1.807, 2.05) is 4.90 Å². The molecule has 1 aliphatic rings. The van der Waals surface area contributed by atoms with E-state index in [1.54, 1.807) is 0 Å². The van der Waals surface area contributed by atoms with Crippen molar-refractivity contribution in [2.45, 2.75) is 25.3 Å². The molecule has 8 nitrogen and oxygen atoms in total. The van der Waals surface area contributed by atoms with E-state index in [9.17, 15) is 15.2 Å². The summed E-state index contributed by atoms with van der Waals surface area (Å²) in [4.78, 5) is 16.5. The van der Waals surface area contributed by atoms with Gasteiger partial charge in [-0.25, -0.2) is 10.8 Å². The summed E-state index contributed by atoms with van der Waals surface area (Å²) < 4.78 is 0. The van der Waals surface area contributed by atoms with Crippen LogP contribution in [0.1, 0.15) is 19.3 Å². The molecule has 0 spiro atoms. The van der Waals surface area contributed by atoms with Crippen LogP contribution in [0, 0.1) is 10.1 Å². The van der Waals surface area contributed by atoms with Gasteiger partial charge in [-0.2, -0.15) is 0 Å². The van der Waals surface area contributed by atoms with Gasteiger partial charge < -0.3 is 15.4 Å². The fourth-order valence-corrected chi connectivity index (χ4v) is 2.32. The standard InChI is InChI=1S/C11H17N5O3/c12-14-10-5-9(16(18)19)6-11(13-10)15-4-2-1-3-8(15)7-17/h5-6,8,17H,1-4,7,12H2,(H,13,14). The summed E-state index contributed by atoms with van der Waals surface area (Å²) in [6.45, 7) is 0.735. The minimum atomic E-state index is -0.482. The predicted octanol–water partition coefficient (Wildman–Crippen LogP) is 0.627. The zero-order valence-electron chi connectivity index (χ0n) is 10.5. The van der Waals surface area contributed by atoms with Crippen LogP contribution in [0.25, 0.3) is 0 Å². The maximum absolute atomic E-state index is 10.9. The number of aliphatic hydroxyl groups excluding tert-OH is 1. The number of hydrogen-bond acceptors (Lipinski definition) is 7. The van der Waals surface area contributed by atoms with Crippen molar-refractivity contribution in [1.29, 1.82) is 0 Å². The van der Waals surface area contributed by atoms with Crippen LogP contribution in [0.3, 0.4) is 0 Å². The highest BCUT2D eigenvalue weighted by molar-refractivity contribution is 5.56. The van der Waals surface area contributed by atoms with Gasteiger partial charge in [-0.15, -0.1) is 0 Å². The molecule has 1 unspecified atom stereocenters. The highest BCUT2D eigenvalue weighted by Crippen LogP contribution is 2.28. The van der Waals surface area contributed by atoms with Crippen LogP contribution in [0.2, 0.25) is 0 Å². The Labute approximate surface area is 110 Å². The summed E-state index contributed by atoms with van der Waals surface area (Å²) in [6, 6.07) is 2.64. The zero-order chi connectivity index (χ0) is 13.8. The van der Waals surface area contributed by atoms with Crippen molar-refractivity contribution in [3.63, 3.8) is 0 Å². The van der Waals surface area contributed by atoms with Gasteiger partial charge in [0.05, 0.1) is 29.7 Å². The number of aliphatic hydroxyl groups is 1. The number of hydrogen-bond donors (Lipinski definition) is 3. The number of nitrogens with zero attached hydrogens (tertiary/aromatic N) is 3. The number of pyridine rings is 1. The van der Waals surface area contributed by atoms with Crippen molar-refractivity contribution in [1.82, 2.24) is 4.98 Å². The molecule has 1 aliphatic heterocycles. The molecule has 8 heteroatoms. The average molecular weight is 267 g/mol. The first kappa shape index (κ1) is 13.5. The molecular weight excluding hydrogens is 250 g/mol. The molecule has 0 saturated carbocycles. The van der Waals surface area contributed by atoms with Crippen molar-refractivity contribution in [3.05, 3.63) is 22.2 Å². The Balaban J connectivity index is 2.36. The number of nitrogens with two attached hydrogens (primary N) is 1. The second kappa shape index (κ2) is 5.81. The van der Waals surface area contributed by atoms with Crippen molar-refractivity contribution in [2.24, 2.45) is 5.84 Å². The van der Waals surface area contributed by atoms with Gasteiger partial charge in [-0.05, 0) is 19.3 Å². The Hall–Kier alpha value is -1.93. The highest BCUT2D eigenvalue weighted by Gasteiger charge is 2.25. The number of nitrogen functional groups attached to an aromatic ring is 1. The molecule has 0 amide bonds. The van der Waals surface area contributed by atoms with Crippen molar-refractivity contribution >= 4 is 17.3 Å². The largest absolute Gasteiger partial charge is 0.394 e. The summed E-state index contributed by atoms with van der Waals surface area (Å²) in [6.07, 6.45) is 2.87. The molecule has 2 rings (SSSR count). The lowest BCUT2D eigenvalue weighted by molar-refractivity contribution is -0.384. The summed E-state index contributed by atoms with van der Waals surface area (Å²) >= 11 is 0. The van der Waals surface area contributed by atoms with Gasteiger partial charge in [0.15, 0.2) is 0 Å². The van der Waals surface area contributed by atoms with E-state index in [4.69, 9.17) is 5.84 Å². The van der Waals surface area contributed by atoms with Crippen LogP contribution in [-0.4, -0.2) is 34.2 Å². The van der Waals surface area contributed by atoms with E-state index >= 15 is 0 Å². The molecule has 4 N–H and O–H groups in total. The van der Waals surface area contributed by atoms with E-state index in [0.717, 1.165) is 25.8 Å². The number of anilines is 2. The summed E-state index contributed by atoms with van der Waals surface area (Å²) in [5.74, 6) is 6.00. The Morgan fingerprint density at radius 2 is 2.37 bits per heavy atom. The molecule has 0 aliphatic carbocycles. The minimum absolute atomic E-state index is 0.00968. The van der Waals surface area contributed by atoms with Gasteiger partial charge in [0.2, 0.25) is 0 Å². The van der Waals surface area contributed by atoms with Crippen molar-refractivity contribution < 1.29 is 10.0 Å². The SMILES string of the molecule is NNc1cc([N+](=O)[O-])cc(N2CCCCC2CO)n1. The van der Waals surface area contributed by atoms with Crippen molar-refractivity contribution in [3.8, 4) is 0 Å². The molecule has 1 atom stereocenters. The lowest BCUT2D eigenvalue weighted by Gasteiger charge is -2.35. The van der Waals surface area contributed by atoms with Crippen LogP contribution in [0.15, 0.2) is 12.1 Å². The van der Waals surface area contributed by atoms with Gasteiger partial charge in [-0.3, -0.25) is 10.1 Å². The van der Waals surface area contributed by atoms with E-state index in [2.05, 4.69) is 10.4 Å². The smallest absolute Gasteiger partial charge is 0.276 e. The van der Waals surface area contributed by atoms with E-state index < -0.39 is 4.92 Å². The number of rotatable bonds is 4. The minimum Gasteiger partial charge on any atom is -0.394 e. The molecule has 1 aromatic rings. The van der Waals surface area contributed by atoms with Crippen LogP contribution >= 0.6 is 0 Å². The predicted molar refractivity (Wildman–Crippen MR) is 70.8 cm³/mol. The Morgan fingerprint density at radius 1 is 1.58 bits per heavy atom. The first-order valence-electron chi connectivity index (χ1n) is 6.16. The van der Waals surface area contributed by atoms with Crippen LogP contribution in [0.4, 0.5) is 17.3 Å². The Kier molecular flexibility index (Phi) is 4.13. The lowest BCUT2D eigenvalue weighted by Crippen LogP contribution is -2.42. The third-order valence-corrected chi connectivity index (χ3v) is 3.29. The maximum Gasteiger partial charge on any atom is 0.276 e. The molecule has 104 valence electrons. The number of hydrazine groups is 1. The molecule has 0 bridgehead atoms. The molecule has 1 aromatic heterocycles. The first-order valence-corrected chi connectivity index (χ1v) is 6.16. The van der Waals surface area contributed by atoms with Gasteiger partial charge in [0, 0.05) is 6.54 Å². The summed E-state index contributed by atoms with van der Waals surface area (Å²) in [5, 5.41) is 20.3. The highest BCUT2D eigenvalue weighted by atomic mass is 16.6. The second-order valence-electron chi connectivity index (χ2n) is 4.50. The Morgan fingerprint density at radius 3 is 3.00 bits per heavy atom. The number of aromatic nitrogens is 1. The molecule has 2 heterocycles. The number of piperidine rings is 1. The summed E-state index contributed by atoms with van der Waals surface area (Å²) in [7, 11) is 0. The van der Waals surface area contributed by atoms with Crippen LogP contribution in [0.5, 0.6) is 0 Å². The zero-order valence-corrected chi connectivity index (χ0v) is 10.5. The molecule has 0 aromatic carbocycles. The maximum atomic E-state index is 10.9. The molecule has 19 heavy (non-hydrogen) atoms. The van der Waals surface area contributed by atoms with Crippen molar-refractivity contribution in [2.75, 3.05) is 23.5 Å². The molecule has 1 fully saturated rings. The molecule has 0 radical (unpaired) electrons. The second-order valence-corrected chi connectivity index (χ2v) is 4.50. The fraction of sp³-hybridized carbons (Fsp3) is 0.545. The average Bonchev–Trinajstić information content (AvgIpc) is 2.46. The first-order chi connectivity index (χ1) is 9.15. The topological polar surface area (TPSA) is 118 Å². The normalized spacial score (nSPS) is 19.3. The van der Waals surface area contributed by atoms with Crippen LogP contribution in [-0.2, 0) is 0 Å².